The van der Waals surface area contributed by atoms with Crippen LogP contribution in [0.15, 0.2) is 30.6 Å². The summed E-state index contributed by atoms with van der Waals surface area (Å²) in [5.74, 6) is -1.38. The number of hydrogen-bond donors (Lipinski definition) is 6. The van der Waals surface area contributed by atoms with Gasteiger partial charge in [-0.2, -0.15) is 9.97 Å². The minimum atomic E-state index is -4.73. The maximum absolute atomic E-state index is 12.7. The van der Waals surface area contributed by atoms with Gasteiger partial charge < -0.3 is 34.9 Å². The summed E-state index contributed by atoms with van der Waals surface area (Å²) >= 11 is 6.14. The van der Waals surface area contributed by atoms with E-state index in [4.69, 9.17) is 26.1 Å². The smallest absolute Gasteiger partial charge is 0.335 e. The van der Waals surface area contributed by atoms with Gasteiger partial charge in [0.2, 0.25) is 18.6 Å². The summed E-state index contributed by atoms with van der Waals surface area (Å²) in [5.41, 5.74) is 0.293. The molecule has 1 saturated heterocycles. The first-order valence-corrected chi connectivity index (χ1v) is 20.4. The Kier molecular flexibility index (Phi) is 16.2. The molecule has 1 amide bonds. The third kappa shape index (κ3) is 13.4. The van der Waals surface area contributed by atoms with Crippen molar-refractivity contribution >= 4 is 49.5 Å². The molecular formula is C30H48ClN5O9P2. The topological polar surface area (TPSA) is 217 Å². The van der Waals surface area contributed by atoms with Crippen molar-refractivity contribution in [2.24, 2.45) is 0 Å². The molecule has 1 aliphatic heterocycles. The Bertz CT molecular complexity index is 1450. The molecule has 1 fully saturated rings. The minimum Gasteiger partial charge on any atom is -0.388 e. The van der Waals surface area contributed by atoms with E-state index in [0.29, 0.717) is 6.42 Å². The number of aliphatic hydroxyl groups excluding tert-OH is 2. The Morgan fingerprint density at radius 3 is 2.32 bits per heavy atom. The highest BCUT2D eigenvalue weighted by molar-refractivity contribution is 7.72. The van der Waals surface area contributed by atoms with Crippen LogP contribution >= 0.6 is 26.6 Å². The van der Waals surface area contributed by atoms with Gasteiger partial charge in [-0.05, 0) is 56.5 Å². The summed E-state index contributed by atoms with van der Waals surface area (Å²) < 4.78 is 30.4. The fourth-order valence-electron chi connectivity index (χ4n) is 5.34. The predicted octanol–water partition coefficient (Wildman–Crippen LogP) is 5.65. The summed E-state index contributed by atoms with van der Waals surface area (Å²) in [6, 6.07) is 0. The highest BCUT2D eigenvalue weighted by Crippen LogP contribution is 2.55. The molecule has 5 atom stereocenters. The Balaban J connectivity index is 1.45. The van der Waals surface area contributed by atoms with Crippen LogP contribution in [0.2, 0.25) is 5.28 Å². The van der Waals surface area contributed by atoms with Crippen LogP contribution in [0.25, 0.3) is 11.2 Å². The third-order valence-electron chi connectivity index (χ3n) is 7.79. The van der Waals surface area contributed by atoms with E-state index in [1.807, 2.05) is 0 Å². The van der Waals surface area contributed by atoms with E-state index in [0.717, 1.165) is 44.9 Å². The molecule has 2 aromatic heterocycles. The third-order valence-corrected chi connectivity index (χ3v) is 12.2. The SMILES string of the molecule is CCCCC/C=C\C/C=C\CCCCCCCC(=O)Nc1nc(Cl)nc2c1ncn2[C@@H]1O[C@H](CCP(=O)(O)CP(=O)(O)O)[C@H](O)C1O. The van der Waals surface area contributed by atoms with E-state index < -0.39 is 51.6 Å². The maximum Gasteiger partial charge on any atom is 0.335 e. The molecule has 0 bridgehead atoms. The van der Waals surface area contributed by atoms with Crippen LogP contribution < -0.4 is 5.32 Å². The lowest BCUT2D eigenvalue weighted by molar-refractivity contribution is -0.116. The molecule has 264 valence electrons. The van der Waals surface area contributed by atoms with Gasteiger partial charge in [-0.1, -0.05) is 63.3 Å². The number of carbonyl (C=O) groups excluding carboxylic acids is 1. The Hall–Kier alpha value is -1.99. The van der Waals surface area contributed by atoms with Crippen LogP contribution in [0, 0.1) is 0 Å². The number of hydrogen-bond acceptors (Lipinski definition) is 9. The lowest BCUT2D eigenvalue weighted by Crippen LogP contribution is -2.32. The van der Waals surface area contributed by atoms with Gasteiger partial charge in [0.1, 0.15) is 18.1 Å². The van der Waals surface area contributed by atoms with Crippen molar-refractivity contribution in [2.45, 2.75) is 115 Å². The number of ether oxygens (including phenoxy) is 1. The van der Waals surface area contributed by atoms with Crippen molar-refractivity contribution in [2.75, 3.05) is 17.4 Å². The van der Waals surface area contributed by atoms with Crippen molar-refractivity contribution in [3.8, 4) is 0 Å². The number of halogens is 1. The summed E-state index contributed by atoms with van der Waals surface area (Å²) in [6.45, 7) is 2.21. The predicted molar refractivity (Wildman–Crippen MR) is 180 cm³/mol. The van der Waals surface area contributed by atoms with Gasteiger partial charge in [-0.15, -0.1) is 0 Å². The monoisotopic (exact) mass is 719 g/mol. The van der Waals surface area contributed by atoms with Crippen molar-refractivity contribution in [3.63, 3.8) is 0 Å². The summed E-state index contributed by atoms with van der Waals surface area (Å²) in [7, 11) is -8.96. The van der Waals surface area contributed by atoms with E-state index in [-0.39, 0.29) is 41.0 Å². The number of anilines is 1. The van der Waals surface area contributed by atoms with Gasteiger partial charge in [0.25, 0.3) is 0 Å². The molecule has 3 rings (SSSR count). The quantitative estimate of drug-likeness (QED) is 0.0399. The van der Waals surface area contributed by atoms with E-state index in [2.05, 4.69) is 51.5 Å². The van der Waals surface area contributed by atoms with Crippen LogP contribution in [0.4, 0.5) is 5.82 Å². The number of unbranched alkanes of at least 4 members (excludes halogenated alkanes) is 8. The van der Waals surface area contributed by atoms with Gasteiger partial charge in [0.15, 0.2) is 23.2 Å². The zero-order valence-electron chi connectivity index (χ0n) is 26.7. The van der Waals surface area contributed by atoms with Crippen molar-refractivity contribution in [1.29, 1.82) is 0 Å². The number of aromatic nitrogens is 4. The van der Waals surface area contributed by atoms with E-state index in [1.165, 1.54) is 30.2 Å². The van der Waals surface area contributed by atoms with Crippen molar-refractivity contribution in [3.05, 3.63) is 35.9 Å². The second kappa shape index (κ2) is 19.3. The number of rotatable bonds is 21. The number of nitrogens with zero attached hydrogens (tertiary/aromatic N) is 4. The number of carbonyl (C=O) groups is 1. The highest BCUT2D eigenvalue weighted by atomic mass is 35.5. The lowest BCUT2D eigenvalue weighted by Gasteiger charge is -2.18. The van der Waals surface area contributed by atoms with Gasteiger partial charge in [-0.25, -0.2) is 4.98 Å². The number of fused-ring (bicyclic) bond motifs is 1. The first-order chi connectivity index (χ1) is 22.3. The molecule has 0 aliphatic carbocycles. The normalized spacial score (nSPS) is 21.7. The number of nitrogens with one attached hydrogen (secondary N) is 1. The Morgan fingerprint density at radius 1 is 0.979 bits per heavy atom. The van der Waals surface area contributed by atoms with Crippen LogP contribution in [0.5, 0.6) is 0 Å². The molecule has 0 radical (unpaired) electrons. The second-order valence-electron chi connectivity index (χ2n) is 11.9. The fourth-order valence-corrected chi connectivity index (χ4v) is 9.03. The Labute approximate surface area is 280 Å². The van der Waals surface area contributed by atoms with E-state index in [9.17, 15) is 29.0 Å². The first-order valence-electron chi connectivity index (χ1n) is 16.2. The molecule has 47 heavy (non-hydrogen) atoms. The summed E-state index contributed by atoms with van der Waals surface area (Å²) in [5, 5.41) is 23.7. The Morgan fingerprint density at radius 2 is 1.64 bits per heavy atom. The summed E-state index contributed by atoms with van der Waals surface area (Å²) in [4.78, 5) is 53.2. The summed E-state index contributed by atoms with van der Waals surface area (Å²) in [6.07, 6.45) is 16.2. The zero-order chi connectivity index (χ0) is 34.5. The van der Waals surface area contributed by atoms with Crippen LogP contribution in [0.1, 0.15) is 96.6 Å². The van der Waals surface area contributed by atoms with Crippen molar-refractivity contribution < 1.29 is 43.6 Å². The molecule has 17 heteroatoms. The fraction of sp³-hybridized carbons (Fsp3) is 0.667. The molecule has 0 spiro atoms. The van der Waals surface area contributed by atoms with Crippen LogP contribution in [0.3, 0.4) is 0 Å². The van der Waals surface area contributed by atoms with Gasteiger partial charge in [0, 0.05) is 12.6 Å². The molecule has 14 nitrogen and oxygen atoms in total. The number of amides is 1. The first kappa shape index (κ1) is 39.4. The van der Waals surface area contributed by atoms with Gasteiger partial charge in [-0.3, -0.25) is 18.5 Å². The number of aliphatic hydroxyl groups is 2. The minimum absolute atomic E-state index is 0.0783. The standard InChI is InChI=1S/C30H48ClN5O9P2/c1-2-3-4-5-6-7-8-9-10-11-12-13-14-15-16-17-23(37)33-27-24-28(35-30(31)34-27)36(20-32-24)29-26(39)25(38)22(45-29)18-19-46(40,41)21-47(42,43)44/h6-7,9-10,20,22,25-26,29,38-39H,2-5,8,11-19,21H2,1H3,(H,40,41)(H2,42,43,44)(H,33,34,35,37)/b7-6-,10-9-/t22-,25+,26?,29-/m1/s1. The van der Waals surface area contributed by atoms with Gasteiger partial charge >= 0.3 is 7.60 Å². The molecule has 6 N–H and O–H groups in total. The molecular weight excluding hydrogens is 672 g/mol. The molecule has 2 unspecified atom stereocenters. The maximum atomic E-state index is 12.7. The van der Waals surface area contributed by atoms with E-state index in [1.54, 1.807) is 0 Å². The molecule has 1 aliphatic rings. The number of allylic oxidation sites excluding steroid dienone is 4. The highest BCUT2D eigenvalue weighted by Gasteiger charge is 2.45. The van der Waals surface area contributed by atoms with Crippen molar-refractivity contribution in [1.82, 2.24) is 19.5 Å². The molecule has 0 saturated carbocycles. The largest absolute Gasteiger partial charge is 0.388 e. The van der Waals surface area contributed by atoms with Crippen LogP contribution in [-0.2, 0) is 18.7 Å². The molecule has 3 heterocycles. The average molecular weight is 720 g/mol. The average Bonchev–Trinajstić information content (AvgIpc) is 3.52. The van der Waals surface area contributed by atoms with Crippen LogP contribution in [-0.4, -0.2) is 80.7 Å². The molecule has 0 aromatic carbocycles. The van der Waals surface area contributed by atoms with E-state index >= 15 is 0 Å². The lowest BCUT2D eigenvalue weighted by atomic mass is 10.1. The van der Waals surface area contributed by atoms with Gasteiger partial charge in [0.05, 0.1) is 12.4 Å². The molecule has 2 aromatic rings. The second-order valence-corrected chi connectivity index (χ2v) is 16.8. The zero-order valence-corrected chi connectivity index (χ0v) is 29.3. The number of imidazole rings is 1.